The van der Waals surface area contributed by atoms with Gasteiger partial charge < -0.3 is 20.6 Å². The summed E-state index contributed by atoms with van der Waals surface area (Å²) in [5, 5.41) is 31.6. The van der Waals surface area contributed by atoms with Crippen molar-refractivity contribution in [2.75, 3.05) is 13.6 Å². The maximum absolute atomic E-state index is 9.74. The molecule has 0 fully saturated rings. The van der Waals surface area contributed by atoms with Crippen LogP contribution in [0.3, 0.4) is 0 Å². The van der Waals surface area contributed by atoms with Crippen LogP contribution in [0.5, 0.6) is 0 Å². The molecule has 80 valence electrons. The number of aliphatic hydroxyl groups is 3. The molecule has 4 nitrogen and oxygen atoms in total. The van der Waals surface area contributed by atoms with E-state index in [2.05, 4.69) is 5.32 Å². The molecule has 0 bridgehead atoms. The molecule has 0 spiro atoms. The average molecular weight is 199 g/mol. The van der Waals surface area contributed by atoms with Crippen molar-refractivity contribution in [3.63, 3.8) is 0 Å². The zero-order chi connectivity index (χ0) is 10.8. The number of aliphatic hydroxyl groups excluding tert-OH is 2. The quantitative estimate of drug-likeness (QED) is 0.520. The van der Waals surface area contributed by atoms with Gasteiger partial charge >= 0.3 is 0 Å². The van der Waals surface area contributed by atoms with Crippen LogP contribution in [0.1, 0.15) is 13.3 Å². The molecule has 0 aromatic rings. The molecule has 14 heavy (non-hydrogen) atoms. The summed E-state index contributed by atoms with van der Waals surface area (Å²) in [4.78, 5) is 0. The third-order valence-corrected chi connectivity index (χ3v) is 2.38. The molecule has 0 aromatic heterocycles. The predicted molar refractivity (Wildman–Crippen MR) is 54.0 cm³/mol. The van der Waals surface area contributed by atoms with Gasteiger partial charge in [0.1, 0.15) is 11.4 Å². The van der Waals surface area contributed by atoms with Crippen LogP contribution in [0.25, 0.3) is 0 Å². The molecule has 0 aliphatic heterocycles. The predicted octanol–water partition coefficient (Wildman–Crippen LogP) is 0.0897. The lowest BCUT2D eigenvalue weighted by molar-refractivity contribution is 0.0444. The molecule has 0 aromatic carbocycles. The fraction of sp³-hybridized carbons (Fsp3) is 0.600. The molecular weight excluding hydrogens is 182 g/mol. The molecule has 4 N–H and O–H groups in total. The summed E-state index contributed by atoms with van der Waals surface area (Å²) in [7, 11) is 1.75. The van der Waals surface area contributed by atoms with Crippen molar-refractivity contribution in [1.29, 1.82) is 0 Å². The van der Waals surface area contributed by atoms with Crippen molar-refractivity contribution in [3.05, 3.63) is 23.5 Å². The summed E-state index contributed by atoms with van der Waals surface area (Å²) in [5.74, 6) is -0.0575. The largest absolute Gasteiger partial charge is 0.509 e. The second-order valence-electron chi connectivity index (χ2n) is 3.82. The molecule has 0 radical (unpaired) electrons. The molecule has 0 saturated heterocycles. The van der Waals surface area contributed by atoms with E-state index in [0.717, 1.165) is 5.57 Å². The van der Waals surface area contributed by atoms with Crippen LogP contribution in [0, 0.1) is 0 Å². The van der Waals surface area contributed by atoms with E-state index in [1.807, 2.05) is 0 Å². The SMILES string of the molecule is CNCC(O)C1=CC=C(O)C(C)(O)C1. The fourth-order valence-corrected chi connectivity index (χ4v) is 1.47. The summed E-state index contributed by atoms with van der Waals surface area (Å²) < 4.78 is 0. The van der Waals surface area contributed by atoms with Gasteiger partial charge in [-0.1, -0.05) is 6.08 Å². The second kappa shape index (κ2) is 4.13. The molecule has 2 atom stereocenters. The van der Waals surface area contributed by atoms with Gasteiger partial charge in [-0.05, 0) is 25.6 Å². The number of hydrogen-bond acceptors (Lipinski definition) is 4. The topological polar surface area (TPSA) is 72.7 Å². The highest BCUT2D eigenvalue weighted by Crippen LogP contribution is 2.28. The lowest BCUT2D eigenvalue weighted by atomic mass is 9.87. The highest BCUT2D eigenvalue weighted by molar-refractivity contribution is 5.30. The Morgan fingerprint density at radius 1 is 1.57 bits per heavy atom. The third kappa shape index (κ3) is 2.35. The summed E-state index contributed by atoms with van der Waals surface area (Å²) in [5.41, 5.74) is -0.527. The normalized spacial score (nSPS) is 29.4. The standard InChI is InChI=1S/C10H17NO3/c1-10(14)5-7(3-4-9(10)13)8(12)6-11-2/h3-4,8,11-14H,5-6H2,1-2H3. The lowest BCUT2D eigenvalue weighted by Gasteiger charge is -2.28. The van der Waals surface area contributed by atoms with E-state index in [9.17, 15) is 15.3 Å². The molecular formula is C10H17NO3. The first kappa shape index (κ1) is 11.2. The van der Waals surface area contributed by atoms with Crippen LogP contribution < -0.4 is 5.32 Å². The molecule has 1 aliphatic rings. The van der Waals surface area contributed by atoms with Gasteiger partial charge in [0.2, 0.25) is 0 Å². The van der Waals surface area contributed by atoms with Gasteiger partial charge in [-0.3, -0.25) is 0 Å². The summed E-state index contributed by atoms with van der Waals surface area (Å²) in [6.07, 6.45) is 2.72. The minimum Gasteiger partial charge on any atom is -0.509 e. The van der Waals surface area contributed by atoms with Crippen molar-refractivity contribution in [1.82, 2.24) is 5.32 Å². The average Bonchev–Trinajstić information content (AvgIpc) is 2.10. The van der Waals surface area contributed by atoms with E-state index >= 15 is 0 Å². The van der Waals surface area contributed by atoms with Crippen molar-refractivity contribution >= 4 is 0 Å². The zero-order valence-electron chi connectivity index (χ0n) is 8.49. The number of rotatable bonds is 3. The van der Waals surface area contributed by atoms with E-state index in [1.165, 1.54) is 13.0 Å². The van der Waals surface area contributed by atoms with Crippen LogP contribution >= 0.6 is 0 Å². The van der Waals surface area contributed by atoms with Crippen LogP contribution in [-0.2, 0) is 0 Å². The van der Waals surface area contributed by atoms with Gasteiger partial charge in [-0.2, -0.15) is 0 Å². The Morgan fingerprint density at radius 3 is 2.71 bits per heavy atom. The summed E-state index contributed by atoms with van der Waals surface area (Å²) >= 11 is 0. The van der Waals surface area contributed by atoms with Gasteiger partial charge in [-0.25, -0.2) is 0 Å². The van der Waals surface area contributed by atoms with E-state index in [4.69, 9.17) is 0 Å². The number of hydrogen-bond donors (Lipinski definition) is 4. The Morgan fingerprint density at radius 2 is 2.21 bits per heavy atom. The van der Waals surface area contributed by atoms with Crippen LogP contribution in [0.2, 0.25) is 0 Å². The Labute approximate surface area is 83.6 Å². The molecule has 0 amide bonds. The van der Waals surface area contributed by atoms with Crippen molar-refractivity contribution < 1.29 is 15.3 Å². The van der Waals surface area contributed by atoms with Gasteiger partial charge in [0.05, 0.1) is 6.10 Å². The van der Waals surface area contributed by atoms with E-state index in [1.54, 1.807) is 13.1 Å². The highest BCUT2D eigenvalue weighted by atomic mass is 16.3. The lowest BCUT2D eigenvalue weighted by Crippen LogP contribution is -2.34. The van der Waals surface area contributed by atoms with Gasteiger partial charge in [0, 0.05) is 13.0 Å². The fourth-order valence-electron chi connectivity index (χ4n) is 1.47. The van der Waals surface area contributed by atoms with Crippen molar-refractivity contribution in [2.45, 2.75) is 25.0 Å². The third-order valence-electron chi connectivity index (χ3n) is 2.38. The van der Waals surface area contributed by atoms with Crippen molar-refractivity contribution in [2.24, 2.45) is 0 Å². The minimum atomic E-state index is -1.25. The first-order chi connectivity index (χ1) is 6.47. The smallest absolute Gasteiger partial charge is 0.124 e. The molecule has 0 heterocycles. The maximum atomic E-state index is 9.74. The van der Waals surface area contributed by atoms with Crippen molar-refractivity contribution in [3.8, 4) is 0 Å². The van der Waals surface area contributed by atoms with E-state index < -0.39 is 11.7 Å². The van der Waals surface area contributed by atoms with Gasteiger partial charge in [0.25, 0.3) is 0 Å². The summed E-state index contributed by atoms with van der Waals surface area (Å²) in [6.45, 7) is 1.97. The highest BCUT2D eigenvalue weighted by Gasteiger charge is 2.31. The minimum absolute atomic E-state index is 0.0575. The molecule has 0 saturated carbocycles. The van der Waals surface area contributed by atoms with E-state index in [0.29, 0.717) is 6.54 Å². The zero-order valence-corrected chi connectivity index (χ0v) is 8.49. The first-order valence-electron chi connectivity index (χ1n) is 4.62. The van der Waals surface area contributed by atoms with Crippen LogP contribution in [0.15, 0.2) is 23.5 Å². The molecule has 1 rings (SSSR count). The molecule has 4 heteroatoms. The van der Waals surface area contributed by atoms with Gasteiger partial charge in [0.15, 0.2) is 0 Å². The Kier molecular flexibility index (Phi) is 3.31. The van der Waals surface area contributed by atoms with Crippen LogP contribution in [-0.4, -0.2) is 40.6 Å². The maximum Gasteiger partial charge on any atom is 0.124 e. The Bertz CT molecular complexity index is 269. The van der Waals surface area contributed by atoms with Gasteiger partial charge in [-0.15, -0.1) is 0 Å². The van der Waals surface area contributed by atoms with E-state index in [-0.39, 0.29) is 12.2 Å². The number of allylic oxidation sites excluding steroid dienone is 2. The summed E-state index contributed by atoms with van der Waals surface area (Å²) in [6, 6.07) is 0. The monoisotopic (exact) mass is 199 g/mol. The van der Waals surface area contributed by atoms with Crippen LogP contribution in [0.4, 0.5) is 0 Å². The Hall–Kier alpha value is -0.840. The second-order valence-corrected chi connectivity index (χ2v) is 3.82. The molecule has 2 unspecified atom stereocenters. The number of likely N-dealkylation sites (N-methyl/N-ethyl adjacent to an activating group) is 1. The Balaban J connectivity index is 2.75. The first-order valence-corrected chi connectivity index (χ1v) is 4.62. The number of nitrogens with one attached hydrogen (secondary N) is 1. The molecule has 1 aliphatic carbocycles.